The molecule has 0 N–H and O–H groups in total. The lowest BCUT2D eigenvalue weighted by Crippen LogP contribution is -2.33. The Morgan fingerprint density at radius 1 is 1.15 bits per heavy atom. The van der Waals surface area contributed by atoms with E-state index in [9.17, 15) is 9.18 Å². The molecule has 2 aliphatic heterocycles. The molecule has 134 valence electrons. The fourth-order valence-corrected chi connectivity index (χ4v) is 3.96. The average molecular weight is 353 g/mol. The van der Waals surface area contributed by atoms with Gasteiger partial charge in [-0.2, -0.15) is 0 Å². The van der Waals surface area contributed by atoms with Crippen LogP contribution in [0.15, 0.2) is 30.3 Å². The molecule has 1 saturated carbocycles. The molecule has 3 aliphatic rings. The molecule has 5 heteroatoms. The molecule has 2 aromatic rings. The summed E-state index contributed by atoms with van der Waals surface area (Å²) < 4.78 is 25.3. The molecule has 4 nitrogen and oxygen atoms in total. The van der Waals surface area contributed by atoms with Gasteiger partial charge >= 0.3 is 0 Å². The largest absolute Gasteiger partial charge is 0.493 e. The topological polar surface area (TPSA) is 38.8 Å². The highest BCUT2D eigenvalue weighted by Crippen LogP contribution is 2.42. The number of hydrogen-bond donors (Lipinski definition) is 0. The summed E-state index contributed by atoms with van der Waals surface area (Å²) in [7, 11) is 0. The number of rotatable bonds is 4. The number of ether oxygens (including phenoxy) is 2. The van der Waals surface area contributed by atoms with Crippen molar-refractivity contribution in [3.8, 4) is 11.5 Å². The summed E-state index contributed by atoms with van der Waals surface area (Å²) in [6.45, 7) is 1.84. The van der Waals surface area contributed by atoms with Crippen LogP contribution in [0.3, 0.4) is 0 Å². The predicted octanol–water partition coefficient (Wildman–Crippen LogP) is 3.50. The monoisotopic (exact) mass is 353 g/mol. The van der Waals surface area contributed by atoms with E-state index in [4.69, 9.17) is 9.47 Å². The van der Waals surface area contributed by atoms with E-state index < -0.39 is 0 Å². The number of halogens is 1. The Hall–Kier alpha value is -2.56. The molecule has 5 rings (SSSR count). The van der Waals surface area contributed by atoms with Crippen molar-refractivity contribution >= 4 is 5.91 Å². The van der Waals surface area contributed by atoms with Gasteiger partial charge in [-0.05, 0) is 37.1 Å². The Morgan fingerprint density at radius 3 is 2.81 bits per heavy atom. The van der Waals surface area contributed by atoms with Crippen molar-refractivity contribution in [2.24, 2.45) is 0 Å². The maximum Gasteiger partial charge on any atom is 0.254 e. The van der Waals surface area contributed by atoms with Crippen LogP contribution < -0.4 is 9.47 Å². The number of carbonyl (C=O) groups is 1. The number of benzene rings is 2. The van der Waals surface area contributed by atoms with E-state index >= 15 is 0 Å². The van der Waals surface area contributed by atoms with Gasteiger partial charge in [-0.15, -0.1) is 0 Å². The van der Waals surface area contributed by atoms with Crippen LogP contribution in [0.1, 0.15) is 39.9 Å². The second kappa shape index (κ2) is 6.01. The number of nitrogens with zero attached hydrogens (tertiary/aromatic N) is 1. The maximum atomic E-state index is 13.6. The zero-order chi connectivity index (χ0) is 17.7. The summed E-state index contributed by atoms with van der Waals surface area (Å²) >= 11 is 0. The summed E-state index contributed by atoms with van der Waals surface area (Å²) in [6.07, 6.45) is 3.71. The maximum absolute atomic E-state index is 13.6. The van der Waals surface area contributed by atoms with E-state index in [-0.39, 0.29) is 17.8 Å². The van der Waals surface area contributed by atoms with Crippen molar-refractivity contribution < 1.29 is 18.7 Å². The van der Waals surface area contributed by atoms with Gasteiger partial charge in [0.1, 0.15) is 17.3 Å². The van der Waals surface area contributed by atoms with Gasteiger partial charge in [0.2, 0.25) is 0 Å². The second-order valence-electron chi connectivity index (χ2n) is 7.19. The Labute approximate surface area is 151 Å². The second-order valence-corrected chi connectivity index (χ2v) is 7.19. The highest BCUT2D eigenvalue weighted by atomic mass is 19.1. The first-order valence-corrected chi connectivity index (χ1v) is 9.20. The van der Waals surface area contributed by atoms with E-state index in [1.807, 2.05) is 4.90 Å². The highest BCUT2D eigenvalue weighted by molar-refractivity contribution is 5.94. The Morgan fingerprint density at radius 2 is 2.00 bits per heavy atom. The van der Waals surface area contributed by atoms with Crippen molar-refractivity contribution in [2.45, 2.75) is 38.3 Å². The number of carbonyl (C=O) groups excluding carboxylic acids is 1. The fraction of sp³-hybridized carbons (Fsp3) is 0.381. The van der Waals surface area contributed by atoms with E-state index in [0.717, 1.165) is 53.9 Å². The lowest BCUT2D eigenvalue weighted by Gasteiger charge is -2.25. The van der Waals surface area contributed by atoms with Crippen molar-refractivity contribution in [1.82, 2.24) is 4.90 Å². The summed E-state index contributed by atoms with van der Waals surface area (Å²) in [6, 6.07) is 8.26. The van der Waals surface area contributed by atoms with Gasteiger partial charge < -0.3 is 14.4 Å². The van der Waals surface area contributed by atoms with E-state index in [2.05, 4.69) is 6.07 Å². The van der Waals surface area contributed by atoms with Gasteiger partial charge in [-0.3, -0.25) is 4.79 Å². The van der Waals surface area contributed by atoms with Crippen molar-refractivity contribution in [2.75, 3.05) is 13.2 Å². The molecule has 0 unspecified atom stereocenters. The summed E-state index contributed by atoms with van der Waals surface area (Å²) in [5, 5.41) is 0. The van der Waals surface area contributed by atoms with Crippen LogP contribution >= 0.6 is 0 Å². The Balaban J connectivity index is 1.52. The molecule has 1 fully saturated rings. The third kappa shape index (κ3) is 2.62. The van der Waals surface area contributed by atoms with Crippen LogP contribution in [0.4, 0.5) is 4.39 Å². The first kappa shape index (κ1) is 15.7. The zero-order valence-electron chi connectivity index (χ0n) is 14.5. The van der Waals surface area contributed by atoms with Crippen molar-refractivity contribution in [3.63, 3.8) is 0 Å². The van der Waals surface area contributed by atoms with Crippen LogP contribution in [0, 0.1) is 5.82 Å². The summed E-state index contributed by atoms with van der Waals surface area (Å²) in [4.78, 5) is 15.0. The lowest BCUT2D eigenvalue weighted by molar-refractivity contribution is 0.0728. The van der Waals surface area contributed by atoms with Crippen LogP contribution in [-0.2, 0) is 19.4 Å². The molecular formula is C21H20FNO3. The number of amides is 1. The minimum absolute atomic E-state index is 0.115. The average Bonchev–Trinajstić information content (AvgIpc) is 3.18. The lowest BCUT2D eigenvalue weighted by atomic mass is 9.98. The van der Waals surface area contributed by atoms with Crippen molar-refractivity contribution in [1.29, 1.82) is 0 Å². The van der Waals surface area contributed by atoms with E-state index in [0.29, 0.717) is 25.3 Å². The van der Waals surface area contributed by atoms with Crippen LogP contribution in [-0.4, -0.2) is 30.1 Å². The quantitative estimate of drug-likeness (QED) is 0.844. The zero-order valence-corrected chi connectivity index (χ0v) is 14.5. The number of hydrogen-bond acceptors (Lipinski definition) is 3. The van der Waals surface area contributed by atoms with Gasteiger partial charge in [0.25, 0.3) is 5.91 Å². The third-order valence-electron chi connectivity index (χ3n) is 5.41. The standard InChI is InChI=1S/C21H20FNO3/c22-15-3-1-2-14(10-15)21(24)23(16-4-5-16)12-18-17-7-9-25-19(17)11-13-6-8-26-20(13)18/h1-3,10-11,16H,4-9,12H2. The summed E-state index contributed by atoms with van der Waals surface area (Å²) in [5.74, 6) is 1.35. The molecule has 0 bridgehead atoms. The summed E-state index contributed by atoms with van der Waals surface area (Å²) in [5.41, 5.74) is 3.79. The molecule has 0 aromatic heterocycles. The molecular weight excluding hydrogens is 333 g/mol. The minimum Gasteiger partial charge on any atom is -0.493 e. The first-order chi connectivity index (χ1) is 12.7. The highest BCUT2D eigenvalue weighted by Gasteiger charge is 2.36. The van der Waals surface area contributed by atoms with Crippen LogP contribution in [0.2, 0.25) is 0 Å². The van der Waals surface area contributed by atoms with Gasteiger partial charge in [0, 0.05) is 41.1 Å². The first-order valence-electron chi connectivity index (χ1n) is 9.20. The van der Waals surface area contributed by atoms with Crippen LogP contribution in [0.25, 0.3) is 0 Å². The van der Waals surface area contributed by atoms with E-state index in [1.54, 1.807) is 12.1 Å². The van der Waals surface area contributed by atoms with Gasteiger partial charge in [0.15, 0.2) is 0 Å². The van der Waals surface area contributed by atoms with Gasteiger partial charge in [-0.25, -0.2) is 4.39 Å². The SMILES string of the molecule is O=C(c1cccc(F)c1)N(Cc1c2c(cc3c1OCC3)OCC2)C1CC1. The normalized spacial score (nSPS) is 17.3. The smallest absolute Gasteiger partial charge is 0.254 e. The predicted molar refractivity (Wildman–Crippen MR) is 94.1 cm³/mol. The van der Waals surface area contributed by atoms with Gasteiger partial charge in [-0.1, -0.05) is 6.07 Å². The molecule has 0 spiro atoms. The number of fused-ring (bicyclic) bond motifs is 2. The minimum atomic E-state index is -0.384. The molecule has 2 heterocycles. The molecule has 0 saturated heterocycles. The molecule has 2 aromatic carbocycles. The molecule has 0 atom stereocenters. The van der Waals surface area contributed by atoms with Gasteiger partial charge in [0.05, 0.1) is 19.8 Å². The third-order valence-corrected chi connectivity index (χ3v) is 5.41. The van der Waals surface area contributed by atoms with E-state index in [1.165, 1.54) is 12.1 Å². The fourth-order valence-electron chi connectivity index (χ4n) is 3.96. The molecule has 26 heavy (non-hydrogen) atoms. The van der Waals surface area contributed by atoms with Crippen molar-refractivity contribution in [3.05, 3.63) is 58.4 Å². The molecule has 1 amide bonds. The molecule has 1 aliphatic carbocycles. The Bertz CT molecular complexity index is 859. The Kier molecular flexibility index (Phi) is 3.62. The molecule has 0 radical (unpaired) electrons. The van der Waals surface area contributed by atoms with Crippen LogP contribution in [0.5, 0.6) is 11.5 Å².